The Hall–Kier alpha value is -3.74. The molecule has 0 fully saturated rings. The first kappa shape index (κ1) is 16.7. The van der Waals surface area contributed by atoms with Crippen molar-refractivity contribution in [2.45, 2.75) is 0 Å². The summed E-state index contributed by atoms with van der Waals surface area (Å²) >= 11 is 0. The maximum absolute atomic E-state index is 12.6. The van der Waals surface area contributed by atoms with Gasteiger partial charge in [0.15, 0.2) is 5.82 Å². The van der Waals surface area contributed by atoms with Crippen molar-refractivity contribution in [1.82, 2.24) is 14.1 Å². The fourth-order valence-corrected chi connectivity index (χ4v) is 3.12. The van der Waals surface area contributed by atoms with Crippen molar-refractivity contribution in [2.24, 2.45) is 7.05 Å². The van der Waals surface area contributed by atoms with Crippen molar-refractivity contribution in [3.05, 3.63) is 81.0 Å². The number of hydrogen-bond acceptors (Lipinski definition) is 5. The van der Waals surface area contributed by atoms with Crippen LogP contribution in [0.4, 0.5) is 0 Å². The minimum Gasteiger partial charge on any atom is -0.465 e. The Morgan fingerprint density at radius 3 is 2.59 bits per heavy atom. The van der Waals surface area contributed by atoms with Crippen LogP contribution in [-0.2, 0) is 11.8 Å². The Balaban J connectivity index is 2.17. The smallest absolute Gasteiger partial charge is 0.352 e. The summed E-state index contributed by atoms with van der Waals surface area (Å²) in [6, 6.07) is 15.9. The number of hydrogen-bond donors (Lipinski definition) is 0. The lowest BCUT2D eigenvalue weighted by molar-refractivity contribution is 0.0600. The SMILES string of the molecule is COC(=O)c1cccc(-n2c3nc(=O)n(C)c(=O)c-3cc3ccccc32)c1. The zero-order valence-corrected chi connectivity index (χ0v) is 14.7. The third kappa shape index (κ3) is 2.60. The van der Waals surface area contributed by atoms with Gasteiger partial charge in [-0.15, -0.1) is 0 Å². The normalized spacial score (nSPS) is 11.0. The number of ether oxygens (including phenoxy) is 1. The van der Waals surface area contributed by atoms with Gasteiger partial charge >= 0.3 is 11.7 Å². The van der Waals surface area contributed by atoms with Gasteiger partial charge in [-0.2, -0.15) is 4.98 Å². The molecule has 134 valence electrons. The number of carbonyl (C=O) groups is 1. The van der Waals surface area contributed by atoms with Crippen LogP contribution in [0.2, 0.25) is 0 Å². The first-order valence-electron chi connectivity index (χ1n) is 8.21. The molecular formula is C20H15N3O4. The Bertz CT molecular complexity index is 1290. The van der Waals surface area contributed by atoms with Crippen molar-refractivity contribution < 1.29 is 9.53 Å². The quantitative estimate of drug-likeness (QED) is 0.403. The van der Waals surface area contributed by atoms with E-state index in [2.05, 4.69) is 4.98 Å². The van der Waals surface area contributed by atoms with Crippen LogP contribution < -0.4 is 11.2 Å². The van der Waals surface area contributed by atoms with Gasteiger partial charge in [0.1, 0.15) is 0 Å². The maximum atomic E-state index is 12.6. The fraction of sp³-hybridized carbons (Fsp3) is 0.100. The molecule has 2 heterocycles. The summed E-state index contributed by atoms with van der Waals surface area (Å²) in [5, 5.41) is 0.811. The van der Waals surface area contributed by atoms with Crippen LogP contribution in [0, 0.1) is 0 Å². The molecule has 2 aliphatic rings. The molecule has 27 heavy (non-hydrogen) atoms. The lowest BCUT2D eigenvalue weighted by atomic mass is 10.1. The Morgan fingerprint density at radius 1 is 1.04 bits per heavy atom. The van der Waals surface area contributed by atoms with Crippen molar-refractivity contribution in [3.63, 3.8) is 0 Å². The van der Waals surface area contributed by atoms with Gasteiger partial charge in [-0.05, 0) is 35.7 Å². The van der Waals surface area contributed by atoms with Crippen LogP contribution in [0.5, 0.6) is 0 Å². The molecule has 0 spiro atoms. The second-order valence-corrected chi connectivity index (χ2v) is 6.08. The maximum Gasteiger partial charge on any atom is 0.352 e. The van der Waals surface area contributed by atoms with E-state index < -0.39 is 17.2 Å². The number of fused-ring (bicyclic) bond motifs is 2. The van der Waals surface area contributed by atoms with Crippen LogP contribution in [0.1, 0.15) is 10.4 Å². The Morgan fingerprint density at radius 2 is 1.81 bits per heavy atom. The molecule has 0 radical (unpaired) electrons. The van der Waals surface area contributed by atoms with Crippen LogP contribution in [-0.4, -0.2) is 27.2 Å². The van der Waals surface area contributed by atoms with E-state index in [1.165, 1.54) is 14.2 Å². The fourth-order valence-electron chi connectivity index (χ4n) is 3.12. The number of rotatable bonds is 2. The van der Waals surface area contributed by atoms with E-state index in [4.69, 9.17) is 4.74 Å². The molecule has 0 bridgehead atoms. The third-order valence-electron chi connectivity index (χ3n) is 4.48. The second-order valence-electron chi connectivity index (χ2n) is 6.08. The van der Waals surface area contributed by atoms with Crippen LogP contribution >= 0.6 is 0 Å². The number of benzene rings is 2. The van der Waals surface area contributed by atoms with Crippen molar-refractivity contribution in [3.8, 4) is 17.1 Å². The van der Waals surface area contributed by atoms with E-state index >= 15 is 0 Å². The molecular weight excluding hydrogens is 346 g/mol. The van der Waals surface area contributed by atoms with Crippen LogP contribution in [0.3, 0.4) is 0 Å². The number of esters is 1. The molecule has 0 amide bonds. The predicted octanol–water partition coefficient (Wildman–Crippen LogP) is 1.98. The first-order valence-corrected chi connectivity index (χ1v) is 8.21. The van der Waals surface area contributed by atoms with Crippen molar-refractivity contribution in [2.75, 3.05) is 7.11 Å². The number of aromatic nitrogens is 3. The molecule has 0 saturated carbocycles. The summed E-state index contributed by atoms with van der Waals surface area (Å²) in [4.78, 5) is 40.8. The van der Waals surface area contributed by atoms with E-state index in [9.17, 15) is 14.4 Å². The number of para-hydroxylation sites is 1. The van der Waals surface area contributed by atoms with Gasteiger partial charge < -0.3 is 4.74 Å². The first-order chi connectivity index (χ1) is 13.0. The topological polar surface area (TPSA) is 83.2 Å². The zero-order chi connectivity index (χ0) is 19.1. The molecule has 7 heteroatoms. The highest BCUT2D eigenvalue weighted by Crippen LogP contribution is 2.28. The Labute approximate surface area is 153 Å². The summed E-state index contributed by atoms with van der Waals surface area (Å²) in [6.07, 6.45) is 0. The summed E-state index contributed by atoms with van der Waals surface area (Å²) < 4.78 is 7.48. The van der Waals surface area contributed by atoms with E-state index in [0.29, 0.717) is 16.8 Å². The van der Waals surface area contributed by atoms with Gasteiger partial charge in [-0.1, -0.05) is 24.3 Å². The van der Waals surface area contributed by atoms with E-state index in [1.807, 2.05) is 24.3 Å². The number of carbonyl (C=O) groups excluding carboxylic acids is 1. The largest absolute Gasteiger partial charge is 0.465 e. The highest BCUT2D eigenvalue weighted by Gasteiger charge is 2.20. The zero-order valence-electron chi connectivity index (χ0n) is 14.7. The van der Waals surface area contributed by atoms with Crippen molar-refractivity contribution in [1.29, 1.82) is 0 Å². The summed E-state index contributed by atoms with van der Waals surface area (Å²) in [5.41, 5.74) is 0.968. The molecule has 0 aromatic heterocycles. The lowest BCUT2D eigenvalue weighted by Gasteiger charge is -2.18. The molecule has 0 atom stereocenters. The monoisotopic (exact) mass is 361 g/mol. The van der Waals surface area contributed by atoms with Gasteiger partial charge in [-0.3, -0.25) is 13.9 Å². The average molecular weight is 361 g/mol. The minimum atomic E-state index is -0.638. The summed E-state index contributed by atoms with van der Waals surface area (Å²) in [7, 11) is 2.71. The molecule has 0 N–H and O–H groups in total. The predicted molar refractivity (Wildman–Crippen MR) is 101 cm³/mol. The number of pyridine rings is 1. The molecule has 7 nitrogen and oxygen atoms in total. The van der Waals surface area contributed by atoms with Crippen molar-refractivity contribution >= 4 is 16.9 Å². The highest BCUT2D eigenvalue weighted by molar-refractivity contribution is 5.91. The standard InChI is InChI=1S/C20H15N3O4/c1-22-18(24)15-11-12-6-3-4-9-16(12)23(17(15)21-20(22)26)14-8-5-7-13(10-14)19(25)27-2/h3-11H,1-2H3. The lowest BCUT2D eigenvalue weighted by Crippen LogP contribution is -2.35. The average Bonchev–Trinajstić information content (AvgIpc) is 2.70. The molecule has 0 unspecified atom stereocenters. The van der Waals surface area contributed by atoms with Gasteiger partial charge in [0.05, 0.1) is 23.8 Å². The van der Waals surface area contributed by atoms with Gasteiger partial charge in [-0.25, -0.2) is 9.59 Å². The molecule has 2 aromatic carbocycles. The number of methoxy groups -OCH3 is 1. The molecule has 0 saturated heterocycles. The third-order valence-corrected chi connectivity index (χ3v) is 4.48. The summed E-state index contributed by atoms with van der Waals surface area (Å²) in [5.74, 6) is -0.237. The van der Waals surface area contributed by atoms with Gasteiger partial charge in [0.25, 0.3) is 5.56 Å². The Kier molecular flexibility index (Phi) is 3.84. The van der Waals surface area contributed by atoms with Gasteiger partial charge in [0.2, 0.25) is 0 Å². The minimum absolute atomic E-state index is 0.240. The van der Waals surface area contributed by atoms with E-state index in [-0.39, 0.29) is 5.82 Å². The van der Waals surface area contributed by atoms with E-state index in [0.717, 1.165) is 15.5 Å². The molecule has 2 aliphatic heterocycles. The van der Waals surface area contributed by atoms with Gasteiger partial charge in [0, 0.05) is 12.7 Å². The molecule has 2 aromatic rings. The molecule has 4 rings (SSSR count). The van der Waals surface area contributed by atoms with Crippen LogP contribution in [0.25, 0.3) is 28.0 Å². The summed E-state index contributed by atoms with van der Waals surface area (Å²) in [6.45, 7) is 0. The highest BCUT2D eigenvalue weighted by atomic mass is 16.5. The number of nitrogens with zero attached hydrogens (tertiary/aromatic N) is 3. The molecule has 0 aliphatic carbocycles. The van der Waals surface area contributed by atoms with Crippen LogP contribution in [0.15, 0.2) is 64.2 Å². The second kappa shape index (κ2) is 6.21. The van der Waals surface area contributed by atoms with E-state index in [1.54, 1.807) is 34.9 Å².